The van der Waals surface area contributed by atoms with Gasteiger partial charge in [-0.2, -0.15) is 5.10 Å². The van der Waals surface area contributed by atoms with Gasteiger partial charge in [0.05, 0.1) is 12.8 Å². The van der Waals surface area contributed by atoms with Crippen LogP contribution in [0.5, 0.6) is 5.75 Å². The van der Waals surface area contributed by atoms with Gasteiger partial charge in [-0.1, -0.05) is 91.0 Å². The molecule has 2 amide bonds. The van der Waals surface area contributed by atoms with Crippen LogP contribution in [-0.4, -0.2) is 36.5 Å². The van der Waals surface area contributed by atoms with E-state index in [2.05, 4.69) is 16.1 Å². The highest BCUT2D eigenvalue weighted by molar-refractivity contribution is 6.26. The maximum absolute atomic E-state index is 14.1. The number of methoxy groups -OCH3 is 1. The molecule has 0 radical (unpaired) electrons. The second-order valence-corrected chi connectivity index (χ2v) is 10.4. The number of carbonyl (C=O) groups excluding carboxylic acids is 2. The van der Waals surface area contributed by atoms with Crippen molar-refractivity contribution >= 4 is 29.4 Å². The molecule has 206 valence electrons. The van der Waals surface area contributed by atoms with Crippen molar-refractivity contribution in [1.29, 1.82) is 0 Å². The Balaban J connectivity index is 1.30. The Morgan fingerprint density at radius 3 is 2.19 bits per heavy atom. The first-order valence-corrected chi connectivity index (χ1v) is 13.7. The number of rotatable bonds is 4. The summed E-state index contributed by atoms with van der Waals surface area (Å²) in [6, 6.07) is 30.1. The van der Waals surface area contributed by atoms with Crippen molar-refractivity contribution in [2.24, 2.45) is 10.1 Å². The fourth-order valence-corrected chi connectivity index (χ4v) is 5.91. The molecule has 2 aliphatic heterocycles. The van der Waals surface area contributed by atoms with E-state index in [-0.39, 0.29) is 23.3 Å². The number of hydrazone groups is 1. The third-order valence-corrected chi connectivity index (χ3v) is 7.98. The van der Waals surface area contributed by atoms with Crippen molar-refractivity contribution in [2.45, 2.75) is 18.5 Å². The van der Waals surface area contributed by atoms with Crippen molar-refractivity contribution in [2.75, 3.05) is 7.11 Å². The fraction of sp³-hybridized carbons (Fsp3) is 0.118. The van der Waals surface area contributed by atoms with E-state index in [1.165, 1.54) is 0 Å². The van der Waals surface area contributed by atoms with Gasteiger partial charge in [0.25, 0.3) is 11.8 Å². The van der Waals surface area contributed by atoms with E-state index in [1.54, 1.807) is 13.2 Å². The van der Waals surface area contributed by atoms with Crippen LogP contribution in [0.25, 0.3) is 17.2 Å². The van der Waals surface area contributed by atoms with E-state index in [9.17, 15) is 9.59 Å². The van der Waals surface area contributed by atoms with Gasteiger partial charge < -0.3 is 15.4 Å². The van der Waals surface area contributed by atoms with Gasteiger partial charge in [0.1, 0.15) is 17.5 Å². The Hall–Kier alpha value is -5.50. The number of carbonyl (C=O) groups is 2. The minimum atomic E-state index is -1.19. The highest BCUT2D eigenvalue weighted by atomic mass is 16.5. The van der Waals surface area contributed by atoms with E-state index < -0.39 is 11.6 Å². The van der Waals surface area contributed by atoms with Gasteiger partial charge in [-0.15, -0.1) is 0 Å². The lowest BCUT2D eigenvalue weighted by atomic mass is 9.86. The van der Waals surface area contributed by atoms with Crippen LogP contribution in [-0.2, 0) is 15.1 Å². The highest BCUT2D eigenvalue weighted by Crippen LogP contribution is 2.48. The summed E-state index contributed by atoms with van der Waals surface area (Å²) in [7, 11) is 1.61. The SMILES string of the molecule is COc1cc(/C=C2/N=C(c3ccccc3)C(C3=NNC4(C(=O)N3)c3ccccc3-c3ccccc34)NC2=O)ccc1C. The van der Waals surface area contributed by atoms with Gasteiger partial charge in [0, 0.05) is 11.1 Å². The third-order valence-electron chi connectivity index (χ3n) is 7.98. The predicted molar refractivity (Wildman–Crippen MR) is 162 cm³/mol. The average Bonchev–Trinajstić information content (AvgIpc) is 3.31. The van der Waals surface area contributed by atoms with E-state index >= 15 is 0 Å². The van der Waals surface area contributed by atoms with Crippen molar-refractivity contribution in [1.82, 2.24) is 16.1 Å². The number of amides is 2. The maximum Gasteiger partial charge on any atom is 0.270 e. The zero-order valence-electron chi connectivity index (χ0n) is 23.0. The van der Waals surface area contributed by atoms with Crippen molar-refractivity contribution in [3.8, 4) is 16.9 Å². The molecule has 42 heavy (non-hydrogen) atoms. The number of nitrogens with zero attached hydrogens (tertiary/aromatic N) is 2. The number of amidine groups is 1. The van der Waals surface area contributed by atoms with Crippen LogP contribution in [0, 0.1) is 6.92 Å². The van der Waals surface area contributed by atoms with E-state index in [1.807, 2.05) is 104 Å². The molecule has 1 spiro atoms. The molecule has 8 heteroatoms. The van der Waals surface area contributed by atoms with Gasteiger partial charge in [-0.25, -0.2) is 4.99 Å². The summed E-state index contributed by atoms with van der Waals surface area (Å²) in [6.45, 7) is 1.96. The molecule has 0 bridgehead atoms. The van der Waals surface area contributed by atoms with Crippen molar-refractivity contribution in [3.63, 3.8) is 0 Å². The molecule has 0 saturated carbocycles. The number of nitrogens with one attached hydrogen (secondary N) is 3. The molecular formula is C34H27N5O3. The summed E-state index contributed by atoms with van der Waals surface area (Å²) >= 11 is 0. The minimum absolute atomic E-state index is 0.238. The number of ether oxygens (including phenoxy) is 1. The predicted octanol–water partition coefficient (Wildman–Crippen LogP) is 4.29. The van der Waals surface area contributed by atoms with Gasteiger partial charge >= 0.3 is 0 Å². The first-order valence-electron chi connectivity index (χ1n) is 13.7. The Morgan fingerprint density at radius 1 is 0.857 bits per heavy atom. The number of aryl methyl sites for hydroxylation is 1. The molecule has 0 fully saturated rings. The van der Waals surface area contributed by atoms with Crippen LogP contribution in [0.4, 0.5) is 0 Å². The van der Waals surface area contributed by atoms with Crippen LogP contribution in [0.2, 0.25) is 0 Å². The first-order chi connectivity index (χ1) is 20.5. The van der Waals surface area contributed by atoms with Gasteiger partial charge in [-0.05, 0) is 46.9 Å². The monoisotopic (exact) mass is 553 g/mol. The normalized spacial score (nSPS) is 19.2. The largest absolute Gasteiger partial charge is 0.496 e. The quantitative estimate of drug-likeness (QED) is 0.328. The molecular weight excluding hydrogens is 526 g/mol. The highest BCUT2D eigenvalue weighted by Gasteiger charge is 2.52. The number of aliphatic imine (C=N–C) groups is 1. The van der Waals surface area contributed by atoms with Crippen LogP contribution in [0.3, 0.4) is 0 Å². The average molecular weight is 554 g/mol. The zero-order valence-corrected chi connectivity index (χ0v) is 23.0. The third kappa shape index (κ3) is 3.91. The molecule has 1 atom stereocenters. The topological polar surface area (TPSA) is 104 Å². The Labute approximate surface area is 242 Å². The second-order valence-electron chi connectivity index (χ2n) is 10.4. The molecule has 1 aliphatic carbocycles. The van der Waals surface area contributed by atoms with E-state index in [0.29, 0.717) is 5.71 Å². The fourth-order valence-electron chi connectivity index (χ4n) is 5.91. The number of hydrogen-bond acceptors (Lipinski definition) is 6. The molecule has 4 aromatic carbocycles. The Morgan fingerprint density at radius 2 is 1.52 bits per heavy atom. The molecule has 0 saturated heterocycles. The van der Waals surface area contributed by atoms with Gasteiger partial charge in [0.2, 0.25) is 0 Å². The molecule has 1 unspecified atom stereocenters. The molecule has 8 nitrogen and oxygen atoms in total. The standard InChI is InChI=1S/C34H27N5O3/c1-20-16-17-21(19-28(20)42-2)18-27-32(40)36-30(29(35-27)22-10-4-3-5-11-22)31-37-33(41)34(39-38-31)25-14-8-6-12-23(25)24-13-7-9-15-26(24)34/h3-19,30,39H,1-2H3,(H,36,40)(H,37,38,41)/b27-18+. The maximum atomic E-state index is 14.1. The summed E-state index contributed by atoms with van der Waals surface area (Å²) in [5.74, 6) is 0.326. The Bertz CT molecular complexity index is 1810. The minimum Gasteiger partial charge on any atom is -0.496 e. The Kier molecular flexibility index (Phi) is 5.97. The summed E-state index contributed by atoms with van der Waals surface area (Å²) in [6.07, 6.45) is 1.72. The lowest BCUT2D eigenvalue weighted by Gasteiger charge is -2.36. The summed E-state index contributed by atoms with van der Waals surface area (Å²) in [5, 5.41) is 10.7. The number of hydrogen-bond donors (Lipinski definition) is 3. The van der Waals surface area contributed by atoms with Crippen LogP contribution < -0.4 is 20.8 Å². The van der Waals surface area contributed by atoms with Crippen molar-refractivity contribution < 1.29 is 14.3 Å². The number of benzene rings is 4. The number of fused-ring (bicyclic) bond motifs is 5. The van der Waals surface area contributed by atoms with Crippen molar-refractivity contribution in [3.05, 3.63) is 131 Å². The second kappa shape index (κ2) is 9.85. The van der Waals surface area contributed by atoms with Crippen LogP contribution >= 0.6 is 0 Å². The molecule has 2 heterocycles. The molecule has 0 aromatic heterocycles. The molecule has 3 aliphatic rings. The van der Waals surface area contributed by atoms with Gasteiger partial charge in [-0.3, -0.25) is 15.0 Å². The lowest BCUT2D eigenvalue weighted by molar-refractivity contribution is -0.125. The smallest absolute Gasteiger partial charge is 0.270 e. The van der Waals surface area contributed by atoms with E-state index in [0.717, 1.165) is 44.7 Å². The summed E-state index contributed by atoms with van der Waals surface area (Å²) in [4.78, 5) is 32.3. The molecule has 7 rings (SSSR count). The lowest BCUT2D eigenvalue weighted by Crippen LogP contribution is -2.64. The van der Waals surface area contributed by atoms with Crippen LogP contribution in [0.1, 0.15) is 27.8 Å². The van der Waals surface area contributed by atoms with E-state index in [4.69, 9.17) is 14.8 Å². The first kappa shape index (κ1) is 25.5. The summed E-state index contributed by atoms with van der Waals surface area (Å²) < 4.78 is 5.45. The zero-order chi connectivity index (χ0) is 28.8. The molecule has 3 N–H and O–H groups in total. The van der Waals surface area contributed by atoms with Gasteiger partial charge in [0.15, 0.2) is 11.4 Å². The molecule has 4 aromatic rings. The summed E-state index contributed by atoms with van der Waals surface area (Å²) in [5.41, 5.74) is 9.00. The van der Waals surface area contributed by atoms with Crippen LogP contribution in [0.15, 0.2) is 113 Å².